The molecule has 0 unspecified atom stereocenters. The van der Waals surface area contributed by atoms with E-state index in [0.29, 0.717) is 0 Å². The average Bonchev–Trinajstić information content (AvgIpc) is 2.50. The van der Waals surface area contributed by atoms with Gasteiger partial charge in [0.25, 0.3) is 5.91 Å². The highest BCUT2D eigenvalue weighted by molar-refractivity contribution is 5.97. The van der Waals surface area contributed by atoms with Crippen molar-refractivity contribution in [1.29, 1.82) is 5.26 Å². The van der Waals surface area contributed by atoms with Gasteiger partial charge in [-0.3, -0.25) is 9.78 Å². The van der Waals surface area contributed by atoms with Gasteiger partial charge in [0.15, 0.2) is 0 Å². The number of nitrogens with zero attached hydrogens (tertiary/aromatic N) is 2. The zero-order valence-corrected chi connectivity index (χ0v) is 11.3. The molecular formula is C15H18N4O. The highest BCUT2D eigenvalue weighted by Crippen LogP contribution is 2.17. The Labute approximate surface area is 118 Å². The maximum absolute atomic E-state index is 12.0. The van der Waals surface area contributed by atoms with Gasteiger partial charge in [0.2, 0.25) is 0 Å². The van der Waals surface area contributed by atoms with Crippen molar-refractivity contribution in [3.63, 3.8) is 0 Å². The number of aromatic nitrogens is 1. The second-order valence-corrected chi connectivity index (χ2v) is 4.86. The minimum Gasteiger partial charge on any atom is -0.359 e. The predicted molar refractivity (Wildman–Crippen MR) is 76.6 cm³/mol. The summed E-state index contributed by atoms with van der Waals surface area (Å²) >= 11 is 0. The van der Waals surface area contributed by atoms with Crippen LogP contribution in [0.3, 0.4) is 0 Å². The second-order valence-electron chi connectivity index (χ2n) is 4.86. The number of hydrogen-bond acceptors (Lipinski definition) is 4. The summed E-state index contributed by atoms with van der Waals surface area (Å²) in [4.78, 5) is 16.0. The fourth-order valence-electron chi connectivity index (χ4n) is 2.26. The number of pyridine rings is 1. The summed E-state index contributed by atoms with van der Waals surface area (Å²) in [5.74, 6) is -0.309. The molecule has 2 N–H and O–H groups in total. The number of nitriles is 1. The van der Waals surface area contributed by atoms with E-state index in [2.05, 4.69) is 15.6 Å². The first-order valence-electron chi connectivity index (χ1n) is 6.87. The molecule has 1 aromatic rings. The third-order valence-electron chi connectivity index (χ3n) is 3.35. The Hall–Kier alpha value is -2.35. The monoisotopic (exact) mass is 270 g/mol. The maximum atomic E-state index is 12.0. The Bertz CT molecular complexity index is 512. The van der Waals surface area contributed by atoms with Crippen LogP contribution in [0.5, 0.6) is 0 Å². The molecule has 1 heterocycles. The van der Waals surface area contributed by atoms with Crippen molar-refractivity contribution < 1.29 is 4.79 Å². The third kappa shape index (κ3) is 4.09. The number of carbonyl (C=O) groups is 1. The van der Waals surface area contributed by atoms with Crippen molar-refractivity contribution >= 4 is 11.6 Å². The first kappa shape index (κ1) is 14.1. The zero-order valence-electron chi connectivity index (χ0n) is 11.3. The van der Waals surface area contributed by atoms with Crippen LogP contribution in [0.1, 0.15) is 32.1 Å². The van der Waals surface area contributed by atoms with Gasteiger partial charge in [-0.05, 0) is 25.0 Å². The molecule has 0 atom stereocenters. The minimum atomic E-state index is -0.309. The molecule has 5 nitrogen and oxygen atoms in total. The number of amides is 1. The van der Waals surface area contributed by atoms with Crippen LogP contribution in [0.15, 0.2) is 36.3 Å². The standard InChI is InChI=1S/C15H18N4O/c16-9-12(10-18-14-7-4-8-17-11-14)15(20)19-13-5-2-1-3-6-13/h4,7-8,10-11,13,18H,1-3,5-6H2,(H,19,20)/b12-10-. The molecule has 1 fully saturated rings. The molecule has 1 aliphatic carbocycles. The Morgan fingerprint density at radius 2 is 2.20 bits per heavy atom. The quantitative estimate of drug-likeness (QED) is 0.650. The van der Waals surface area contributed by atoms with Crippen LogP contribution in [-0.2, 0) is 4.79 Å². The van der Waals surface area contributed by atoms with Gasteiger partial charge in [-0.15, -0.1) is 0 Å². The zero-order chi connectivity index (χ0) is 14.2. The van der Waals surface area contributed by atoms with Crippen LogP contribution < -0.4 is 10.6 Å². The normalized spacial score (nSPS) is 16.2. The van der Waals surface area contributed by atoms with E-state index >= 15 is 0 Å². The molecule has 20 heavy (non-hydrogen) atoms. The molecule has 1 aromatic heterocycles. The first-order chi connectivity index (χ1) is 9.79. The summed E-state index contributed by atoms with van der Waals surface area (Å²) in [7, 11) is 0. The molecule has 0 spiro atoms. The third-order valence-corrected chi connectivity index (χ3v) is 3.35. The van der Waals surface area contributed by atoms with Gasteiger partial charge in [0.05, 0.1) is 11.9 Å². The summed E-state index contributed by atoms with van der Waals surface area (Å²) < 4.78 is 0. The van der Waals surface area contributed by atoms with Crippen molar-refractivity contribution in [3.05, 3.63) is 36.3 Å². The lowest BCUT2D eigenvalue weighted by molar-refractivity contribution is -0.118. The lowest BCUT2D eigenvalue weighted by Gasteiger charge is -2.22. The predicted octanol–water partition coefficient (Wildman–Crippen LogP) is 2.35. The van der Waals surface area contributed by atoms with Crippen molar-refractivity contribution in [1.82, 2.24) is 10.3 Å². The van der Waals surface area contributed by atoms with Crippen LogP contribution >= 0.6 is 0 Å². The van der Waals surface area contributed by atoms with E-state index in [4.69, 9.17) is 5.26 Å². The Kier molecular flexibility index (Phi) is 5.13. The molecule has 0 radical (unpaired) electrons. The van der Waals surface area contributed by atoms with Crippen LogP contribution in [0.25, 0.3) is 0 Å². The molecule has 1 amide bonds. The van der Waals surface area contributed by atoms with Crippen LogP contribution in [0.4, 0.5) is 5.69 Å². The molecule has 2 rings (SSSR count). The van der Waals surface area contributed by atoms with Gasteiger partial charge < -0.3 is 10.6 Å². The average molecular weight is 270 g/mol. The molecule has 1 aliphatic rings. The van der Waals surface area contributed by atoms with Gasteiger partial charge >= 0.3 is 0 Å². The second kappa shape index (κ2) is 7.29. The molecule has 1 saturated carbocycles. The number of anilines is 1. The summed E-state index contributed by atoms with van der Waals surface area (Å²) in [6.45, 7) is 0. The van der Waals surface area contributed by atoms with Gasteiger partial charge in [-0.2, -0.15) is 5.26 Å². The summed E-state index contributed by atoms with van der Waals surface area (Å²) in [6, 6.07) is 5.73. The number of nitrogens with one attached hydrogen (secondary N) is 2. The van der Waals surface area contributed by atoms with Gasteiger partial charge in [0, 0.05) is 18.4 Å². The van der Waals surface area contributed by atoms with Gasteiger partial charge in [0.1, 0.15) is 11.6 Å². The van der Waals surface area contributed by atoms with E-state index in [1.807, 2.05) is 12.1 Å². The van der Waals surface area contributed by atoms with E-state index in [-0.39, 0.29) is 17.5 Å². The molecule has 0 aromatic carbocycles. The van der Waals surface area contributed by atoms with E-state index in [1.54, 1.807) is 18.5 Å². The molecule has 104 valence electrons. The van der Waals surface area contributed by atoms with Crippen molar-refractivity contribution in [2.75, 3.05) is 5.32 Å². The molecule has 0 bridgehead atoms. The van der Waals surface area contributed by atoms with Crippen molar-refractivity contribution in [2.45, 2.75) is 38.1 Å². The number of rotatable bonds is 4. The SMILES string of the molecule is N#C/C(=C/Nc1cccnc1)C(=O)NC1CCCCC1. The fraction of sp³-hybridized carbons (Fsp3) is 0.400. The highest BCUT2D eigenvalue weighted by Gasteiger charge is 2.17. The Balaban J connectivity index is 1.93. The van der Waals surface area contributed by atoms with E-state index in [9.17, 15) is 4.79 Å². The minimum absolute atomic E-state index is 0.0828. The molecule has 0 aliphatic heterocycles. The maximum Gasteiger partial charge on any atom is 0.263 e. The van der Waals surface area contributed by atoms with Crippen molar-refractivity contribution in [2.24, 2.45) is 0 Å². The van der Waals surface area contributed by atoms with E-state index < -0.39 is 0 Å². The number of carbonyl (C=O) groups excluding carboxylic acids is 1. The summed E-state index contributed by atoms with van der Waals surface area (Å²) in [5, 5.41) is 14.9. The smallest absolute Gasteiger partial charge is 0.263 e. The van der Waals surface area contributed by atoms with Gasteiger partial charge in [-0.25, -0.2) is 0 Å². The van der Waals surface area contributed by atoms with E-state index in [1.165, 1.54) is 12.6 Å². The van der Waals surface area contributed by atoms with E-state index in [0.717, 1.165) is 31.4 Å². The lowest BCUT2D eigenvalue weighted by Crippen LogP contribution is -2.37. The fourth-order valence-corrected chi connectivity index (χ4v) is 2.26. The highest BCUT2D eigenvalue weighted by atomic mass is 16.1. The lowest BCUT2D eigenvalue weighted by atomic mass is 9.95. The van der Waals surface area contributed by atoms with Crippen LogP contribution in [0, 0.1) is 11.3 Å². The number of hydrogen-bond donors (Lipinski definition) is 2. The van der Waals surface area contributed by atoms with Crippen LogP contribution in [0.2, 0.25) is 0 Å². The molecule has 5 heteroatoms. The van der Waals surface area contributed by atoms with Crippen LogP contribution in [-0.4, -0.2) is 16.9 Å². The molecular weight excluding hydrogens is 252 g/mol. The topological polar surface area (TPSA) is 77.8 Å². The molecule has 0 saturated heterocycles. The van der Waals surface area contributed by atoms with Crippen molar-refractivity contribution in [3.8, 4) is 6.07 Å². The first-order valence-corrected chi connectivity index (χ1v) is 6.87. The van der Waals surface area contributed by atoms with Gasteiger partial charge in [-0.1, -0.05) is 19.3 Å². The Morgan fingerprint density at radius 1 is 1.40 bits per heavy atom. The summed E-state index contributed by atoms with van der Waals surface area (Å²) in [5.41, 5.74) is 0.824. The largest absolute Gasteiger partial charge is 0.359 e. The summed E-state index contributed by atoms with van der Waals surface area (Å²) in [6.07, 6.45) is 10.2. The Morgan fingerprint density at radius 3 is 2.85 bits per heavy atom.